The molecule has 1 aliphatic rings. The van der Waals surface area contributed by atoms with Crippen molar-refractivity contribution in [3.05, 3.63) is 38.3 Å². The van der Waals surface area contributed by atoms with Gasteiger partial charge < -0.3 is 9.47 Å². The summed E-state index contributed by atoms with van der Waals surface area (Å²) in [7, 11) is 0. The van der Waals surface area contributed by atoms with Crippen LogP contribution in [-0.2, 0) is 9.47 Å². The molecule has 0 bridgehead atoms. The van der Waals surface area contributed by atoms with Gasteiger partial charge in [-0.15, -0.1) is 0 Å². The summed E-state index contributed by atoms with van der Waals surface area (Å²) in [6.07, 6.45) is 0.393. The number of carbonyl (C=O) groups is 1. The second kappa shape index (κ2) is 5.45. The number of ether oxygens (including phenoxy) is 2. The normalized spacial score (nSPS) is 18.6. The molecule has 96 valence electrons. The summed E-state index contributed by atoms with van der Waals surface area (Å²) >= 11 is 3.05. The standard InChI is InChI=1S/C11H10BrNO5/c12-9-2-1-7(5-10(9)13(15)16)11(14)18-8-3-4-17-6-8/h1-2,5,8H,3-4,6H2. The second-order valence-corrected chi connectivity index (χ2v) is 4.67. The molecule has 0 amide bonds. The van der Waals surface area contributed by atoms with Crippen molar-refractivity contribution >= 4 is 27.6 Å². The van der Waals surface area contributed by atoms with Gasteiger partial charge in [0, 0.05) is 12.5 Å². The van der Waals surface area contributed by atoms with Gasteiger partial charge in [0.25, 0.3) is 5.69 Å². The summed E-state index contributed by atoms with van der Waals surface area (Å²) in [5, 5.41) is 10.7. The Morgan fingerprint density at radius 2 is 2.33 bits per heavy atom. The van der Waals surface area contributed by atoms with Crippen molar-refractivity contribution in [1.29, 1.82) is 0 Å². The molecule has 1 aromatic rings. The number of nitro groups is 1. The highest BCUT2D eigenvalue weighted by Crippen LogP contribution is 2.26. The number of hydrogen-bond donors (Lipinski definition) is 0. The largest absolute Gasteiger partial charge is 0.456 e. The van der Waals surface area contributed by atoms with E-state index >= 15 is 0 Å². The molecule has 0 saturated carbocycles. The Labute approximate surface area is 111 Å². The maximum atomic E-state index is 11.8. The zero-order valence-corrected chi connectivity index (χ0v) is 10.9. The Hall–Kier alpha value is -1.47. The molecular formula is C11H10BrNO5. The summed E-state index contributed by atoms with van der Waals surface area (Å²) in [5.74, 6) is -0.568. The lowest BCUT2D eigenvalue weighted by atomic mass is 10.2. The fourth-order valence-corrected chi connectivity index (χ4v) is 2.00. The number of nitro benzene ring substituents is 1. The van der Waals surface area contributed by atoms with E-state index in [9.17, 15) is 14.9 Å². The van der Waals surface area contributed by atoms with Gasteiger partial charge in [0.05, 0.1) is 28.2 Å². The van der Waals surface area contributed by atoms with Crippen molar-refractivity contribution in [2.75, 3.05) is 13.2 Å². The van der Waals surface area contributed by atoms with Gasteiger partial charge >= 0.3 is 5.97 Å². The van der Waals surface area contributed by atoms with E-state index < -0.39 is 10.9 Å². The molecule has 1 fully saturated rings. The van der Waals surface area contributed by atoms with Crippen LogP contribution < -0.4 is 0 Å². The lowest BCUT2D eigenvalue weighted by Crippen LogP contribution is -2.18. The number of benzene rings is 1. The van der Waals surface area contributed by atoms with E-state index in [0.29, 0.717) is 24.1 Å². The van der Waals surface area contributed by atoms with Gasteiger partial charge in [0.2, 0.25) is 0 Å². The maximum absolute atomic E-state index is 11.8. The SMILES string of the molecule is O=C(OC1CCOC1)c1ccc(Br)c([N+](=O)[O-])c1. The van der Waals surface area contributed by atoms with Crippen LogP contribution in [-0.4, -0.2) is 30.2 Å². The molecule has 7 heteroatoms. The molecular weight excluding hydrogens is 306 g/mol. The third-order valence-corrected chi connectivity index (χ3v) is 3.21. The van der Waals surface area contributed by atoms with E-state index in [1.165, 1.54) is 18.2 Å². The minimum atomic E-state index is -0.568. The molecule has 1 unspecified atom stereocenters. The van der Waals surface area contributed by atoms with Gasteiger partial charge in [-0.05, 0) is 28.1 Å². The van der Waals surface area contributed by atoms with Crippen LogP contribution in [0.4, 0.5) is 5.69 Å². The molecule has 1 aliphatic heterocycles. The van der Waals surface area contributed by atoms with Gasteiger partial charge in [0.1, 0.15) is 6.10 Å². The smallest absolute Gasteiger partial charge is 0.338 e. The van der Waals surface area contributed by atoms with Crippen molar-refractivity contribution in [2.24, 2.45) is 0 Å². The van der Waals surface area contributed by atoms with Crippen molar-refractivity contribution in [1.82, 2.24) is 0 Å². The van der Waals surface area contributed by atoms with Crippen molar-refractivity contribution in [3.8, 4) is 0 Å². The Bertz CT molecular complexity index is 484. The van der Waals surface area contributed by atoms with Crippen LogP contribution in [0.1, 0.15) is 16.8 Å². The summed E-state index contributed by atoms with van der Waals surface area (Å²) in [5.41, 5.74) is 0.00363. The minimum Gasteiger partial charge on any atom is -0.456 e. The van der Waals surface area contributed by atoms with Gasteiger partial charge in [0.15, 0.2) is 0 Å². The number of esters is 1. The monoisotopic (exact) mass is 315 g/mol. The van der Waals surface area contributed by atoms with Crippen molar-refractivity contribution in [2.45, 2.75) is 12.5 Å². The molecule has 1 aromatic carbocycles. The van der Waals surface area contributed by atoms with Gasteiger partial charge in [-0.3, -0.25) is 10.1 Å². The maximum Gasteiger partial charge on any atom is 0.338 e. The van der Waals surface area contributed by atoms with Crippen LogP contribution in [0, 0.1) is 10.1 Å². The van der Waals surface area contributed by atoms with Crippen LogP contribution in [0.25, 0.3) is 0 Å². The van der Waals surface area contributed by atoms with E-state index in [2.05, 4.69) is 15.9 Å². The lowest BCUT2D eigenvalue weighted by molar-refractivity contribution is -0.385. The zero-order valence-electron chi connectivity index (χ0n) is 9.30. The van der Waals surface area contributed by atoms with Crippen LogP contribution in [0.15, 0.2) is 22.7 Å². The van der Waals surface area contributed by atoms with Crippen molar-refractivity contribution < 1.29 is 19.2 Å². The highest BCUT2D eigenvalue weighted by molar-refractivity contribution is 9.10. The molecule has 18 heavy (non-hydrogen) atoms. The summed E-state index contributed by atoms with van der Waals surface area (Å²) < 4.78 is 10.6. The first-order chi connectivity index (χ1) is 8.58. The fraction of sp³-hybridized carbons (Fsp3) is 0.364. The minimum absolute atomic E-state index is 0.160. The molecule has 0 N–H and O–H groups in total. The number of rotatable bonds is 3. The van der Waals surface area contributed by atoms with Gasteiger partial charge in [-0.25, -0.2) is 4.79 Å². The van der Waals surface area contributed by atoms with E-state index in [1.54, 1.807) is 0 Å². The Morgan fingerprint density at radius 1 is 1.56 bits per heavy atom. The van der Waals surface area contributed by atoms with E-state index in [1.807, 2.05) is 0 Å². The third kappa shape index (κ3) is 2.85. The molecule has 0 radical (unpaired) electrons. The van der Waals surface area contributed by atoms with Crippen LogP contribution >= 0.6 is 15.9 Å². The summed E-state index contributed by atoms with van der Waals surface area (Å²) in [4.78, 5) is 22.0. The molecule has 2 rings (SSSR count). The van der Waals surface area contributed by atoms with Crippen molar-refractivity contribution in [3.63, 3.8) is 0 Å². The average molecular weight is 316 g/mol. The molecule has 1 saturated heterocycles. The topological polar surface area (TPSA) is 78.7 Å². The predicted octanol–water partition coefficient (Wildman–Crippen LogP) is 2.30. The molecule has 1 atom stereocenters. The highest BCUT2D eigenvalue weighted by atomic mass is 79.9. The fourth-order valence-electron chi connectivity index (χ4n) is 1.60. The van der Waals surface area contributed by atoms with Gasteiger partial charge in [-0.1, -0.05) is 0 Å². The zero-order chi connectivity index (χ0) is 13.1. The number of hydrogen-bond acceptors (Lipinski definition) is 5. The van der Waals surface area contributed by atoms with Crippen LogP contribution in [0.2, 0.25) is 0 Å². The molecule has 6 nitrogen and oxygen atoms in total. The van der Waals surface area contributed by atoms with Gasteiger partial charge in [-0.2, -0.15) is 0 Å². The Balaban J connectivity index is 2.14. The first kappa shape index (κ1) is 13.0. The second-order valence-electron chi connectivity index (χ2n) is 3.81. The number of nitrogens with zero attached hydrogens (tertiary/aromatic N) is 1. The quantitative estimate of drug-likeness (QED) is 0.486. The number of carbonyl (C=O) groups excluding carboxylic acids is 1. The Morgan fingerprint density at radius 3 is 2.94 bits per heavy atom. The van der Waals surface area contributed by atoms with E-state index in [-0.39, 0.29) is 17.4 Å². The van der Waals surface area contributed by atoms with Crippen LogP contribution in [0.3, 0.4) is 0 Å². The molecule has 0 aromatic heterocycles. The Kier molecular flexibility index (Phi) is 3.93. The lowest BCUT2D eigenvalue weighted by Gasteiger charge is -2.09. The van der Waals surface area contributed by atoms with Crippen LogP contribution in [0.5, 0.6) is 0 Å². The molecule has 0 spiro atoms. The number of halogens is 1. The third-order valence-electron chi connectivity index (χ3n) is 2.54. The summed E-state index contributed by atoms with van der Waals surface area (Å²) in [6, 6.07) is 4.14. The summed E-state index contributed by atoms with van der Waals surface area (Å²) in [6.45, 7) is 0.947. The molecule has 1 heterocycles. The highest BCUT2D eigenvalue weighted by Gasteiger charge is 2.22. The van der Waals surface area contributed by atoms with E-state index in [4.69, 9.17) is 9.47 Å². The predicted molar refractivity (Wildman–Crippen MR) is 65.4 cm³/mol. The first-order valence-electron chi connectivity index (χ1n) is 5.30. The molecule has 0 aliphatic carbocycles. The van der Waals surface area contributed by atoms with E-state index in [0.717, 1.165) is 0 Å². The average Bonchev–Trinajstić information content (AvgIpc) is 2.81. The first-order valence-corrected chi connectivity index (χ1v) is 6.10.